The Morgan fingerprint density at radius 1 is 1.08 bits per heavy atom. The van der Waals surface area contributed by atoms with E-state index in [9.17, 15) is 5.11 Å². The molecule has 0 amide bonds. The maximum absolute atomic E-state index is 9.69. The van der Waals surface area contributed by atoms with E-state index >= 15 is 0 Å². The Balaban J connectivity index is 3.41. The smallest absolute Gasteiger partial charge is 0.121 e. The first-order chi connectivity index (χ1) is 5.95. The Morgan fingerprint density at radius 2 is 1.62 bits per heavy atom. The molecule has 1 aromatic carbocycles. The van der Waals surface area contributed by atoms with Crippen molar-refractivity contribution in [2.24, 2.45) is 0 Å². The van der Waals surface area contributed by atoms with Crippen LogP contribution in [0.25, 0.3) is 0 Å². The summed E-state index contributed by atoms with van der Waals surface area (Å²) in [4.78, 5) is 0. The normalized spacial score (nSPS) is 10.9. The third kappa shape index (κ3) is 1.69. The second kappa shape index (κ2) is 3.41. The molecule has 0 fully saturated rings. The van der Waals surface area contributed by atoms with Crippen molar-refractivity contribution in [3.63, 3.8) is 0 Å². The molecule has 0 aliphatic carbocycles. The number of aromatic hydroxyl groups is 1. The fourth-order valence-electron chi connectivity index (χ4n) is 1.70. The number of hydrogen-bond acceptors (Lipinski definition) is 1. The van der Waals surface area contributed by atoms with Crippen molar-refractivity contribution < 1.29 is 5.11 Å². The van der Waals surface area contributed by atoms with Gasteiger partial charge in [-0.3, -0.25) is 0 Å². The van der Waals surface area contributed by atoms with Gasteiger partial charge in [0.1, 0.15) is 5.75 Å². The summed E-state index contributed by atoms with van der Waals surface area (Å²) in [6.07, 6.45) is 0. The summed E-state index contributed by atoms with van der Waals surface area (Å²) in [6, 6.07) is 2.09. The topological polar surface area (TPSA) is 20.2 Å². The zero-order chi connectivity index (χ0) is 10.2. The van der Waals surface area contributed by atoms with Gasteiger partial charge in [-0.05, 0) is 48.9 Å². The van der Waals surface area contributed by atoms with Crippen LogP contribution in [0.3, 0.4) is 0 Å². The molecule has 1 N–H and O–H groups in total. The predicted octanol–water partition coefficient (Wildman–Crippen LogP) is 3.44. The molecule has 0 bridgehead atoms. The van der Waals surface area contributed by atoms with Gasteiger partial charge in [0.25, 0.3) is 0 Å². The quantitative estimate of drug-likeness (QED) is 0.698. The van der Waals surface area contributed by atoms with E-state index in [1.54, 1.807) is 0 Å². The minimum atomic E-state index is 0.446. The second-order valence-corrected chi connectivity index (χ2v) is 4.04. The van der Waals surface area contributed by atoms with Crippen molar-refractivity contribution in [1.82, 2.24) is 0 Å². The van der Waals surface area contributed by atoms with Crippen molar-refractivity contribution in [1.29, 1.82) is 0 Å². The lowest BCUT2D eigenvalue weighted by atomic mass is 9.92. The largest absolute Gasteiger partial charge is 0.507 e. The highest BCUT2D eigenvalue weighted by atomic mass is 16.3. The molecule has 0 atom stereocenters. The van der Waals surface area contributed by atoms with E-state index in [-0.39, 0.29) is 0 Å². The molecule has 1 aromatic rings. The molecule has 1 rings (SSSR count). The van der Waals surface area contributed by atoms with Crippen molar-refractivity contribution in [3.05, 3.63) is 28.3 Å². The number of rotatable bonds is 1. The maximum Gasteiger partial charge on any atom is 0.121 e. The number of aryl methyl sites for hydroxylation is 1. The van der Waals surface area contributed by atoms with Crippen molar-refractivity contribution in [2.45, 2.75) is 40.5 Å². The summed E-state index contributed by atoms with van der Waals surface area (Å²) in [5.41, 5.74) is 4.56. The summed E-state index contributed by atoms with van der Waals surface area (Å²) < 4.78 is 0. The van der Waals surface area contributed by atoms with E-state index in [2.05, 4.69) is 26.8 Å². The van der Waals surface area contributed by atoms with Crippen LogP contribution >= 0.6 is 0 Å². The SMILES string of the molecule is Cc1cc(C(C)C)c(C)c(C)c1O. The van der Waals surface area contributed by atoms with Gasteiger partial charge in [0.2, 0.25) is 0 Å². The van der Waals surface area contributed by atoms with Gasteiger partial charge in [0.05, 0.1) is 0 Å². The van der Waals surface area contributed by atoms with E-state index in [0.29, 0.717) is 11.7 Å². The lowest BCUT2D eigenvalue weighted by Crippen LogP contribution is -1.96. The molecule has 0 aliphatic rings. The van der Waals surface area contributed by atoms with Gasteiger partial charge in [0, 0.05) is 0 Å². The third-order valence-electron chi connectivity index (χ3n) is 2.72. The van der Waals surface area contributed by atoms with Gasteiger partial charge in [0.15, 0.2) is 0 Å². The molecule has 0 saturated heterocycles. The Morgan fingerprint density at radius 3 is 2.08 bits per heavy atom. The third-order valence-corrected chi connectivity index (χ3v) is 2.72. The summed E-state index contributed by atoms with van der Waals surface area (Å²) >= 11 is 0. The molecule has 0 unspecified atom stereocenters. The van der Waals surface area contributed by atoms with Crippen LogP contribution in [0.2, 0.25) is 0 Å². The Bertz CT molecular complexity index is 324. The Kier molecular flexibility index (Phi) is 2.65. The molecule has 72 valence electrons. The van der Waals surface area contributed by atoms with Gasteiger partial charge in [-0.1, -0.05) is 19.9 Å². The van der Waals surface area contributed by atoms with Gasteiger partial charge in [-0.15, -0.1) is 0 Å². The molecule has 0 heterocycles. The predicted molar refractivity (Wildman–Crippen MR) is 56.4 cm³/mol. The first kappa shape index (κ1) is 10.1. The van der Waals surface area contributed by atoms with E-state index < -0.39 is 0 Å². The highest BCUT2D eigenvalue weighted by Crippen LogP contribution is 2.30. The zero-order valence-corrected chi connectivity index (χ0v) is 9.10. The average Bonchev–Trinajstić information content (AvgIpc) is 2.07. The lowest BCUT2D eigenvalue weighted by Gasteiger charge is -2.15. The Labute approximate surface area is 80.4 Å². The van der Waals surface area contributed by atoms with Crippen LogP contribution in [-0.2, 0) is 0 Å². The first-order valence-corrected chi connectivity index (χ1v) is 4.74. The zero-order valence-electron chi connectivity index (χ0n) is 9.10. The van der Waals surface area contributed by atoms with Crippen molar-refractivity contribution in [2.75, 3.05) is 0 Å². The fourth-order valence-corrected chi connectivity index (χ4v) is 1.70. The van der Waals surface area contributed by atoms with Crippen LogP contribution in [0, 0.1) is 20.8 Å². The van der Waals surface area contributed by atoms with E-state index in [1.807, 2.05) is 13.8 Å². The van der Waals surface area contributed by atoms with Crippen LogP contribution in [0.1, 0.15) is 42.0 Å². The van der Waals surface area contributed by atoms with Crippen LogP contribution in [-0.4, -0.2) is 5.11 Å². The van der Waals surface area contributed by atoms with Crippen LogP contribution in [0.15, 0.2) is 6.07 Å². The number of benzene rings is 1. The number of phenolic OH excluding ortho intramolecular Hbond substituents is 1. The van der Waals surface area contributed by atoms with Gasteiger partial charge < -0.3 is 5.11 Å². The van der Waals surface area contributed by atoms with E-state index in [1.165, 1.54) is 11.1 Å². The molecular formula is C12H18O. The first-order valence-electron chi connectivity index (χ1n) is 4.74. The standard InChI is InChI=1S/C12H18O/c1-7(2)11-6-8(3)12(13)10(5)9(11)4/h6-7,13H,1-5H3. The summed E-state index contributed by atoms with van der Waals surface area (Å²) in [6.45, 7) is 10.4. The molecule has 1 nitrogen and oxygen atoms in total. The minimum absolute atomic E-state index is 0.446. The fraction of sp³-hybridized carbons (Fsp3) is 0.500. The number of phenols is 1. The lowest BCUT2D eigenvalue weighted by molar-refractivity contribution is 0.465. The second-order valence-electron chi connectivity index (χ2n) is 4.04. The van der Waals surface area contributed by atoms with Crippen LogP contribution in [0.4, 0.5) is 0 Å². The maximum atomic E-state index is 9.69. The molecule has 0 spiro atoms. The molecule has 0 aromatic heterocycles. The van der Waals surface area contributed by atoms with Crippen LogP contribution < -0.4 is 0 Å². The summed E-state index contributed by atoms with van der Waals surface area (Å²) in [5.74, 6) is 0.972. The highest BCUT2D eigenvalue weighted by Gasteiger charge is 2.10. The molecular weight excluding hydrogens is 160 g/mol. The van der Waals surface area contributed by atoms with Gasteiger partial charge in [-0.25, -0.2) is 0 Å². The molecule has 1 heteroatoms. The molecule has 0 saturated carbocycles. The van der Waals surface area contributed by atoms with Crippen molar-refractivity contribution >= 4 is 0 Å². The minimum Gasteiger partial charge on any atom is -0.507 e. The van der Waals surface area contributed by atoms with Crippen molar-refractivity contribution in [3.8, 4) is 5.75 Å². The van der Waals surface area contributed by atoms with Crippen LogP contribution in [0.5, 0.6) is 5.75 Å². The monoisotopic (exact) mass is 178 g/mol. The average molecular weight is 178 g/mol. The van der Waals surface area contributed by atoms with Gasteiger partial charge in [-0.2, -0.15) is 0 Å². The van der Waals surface area contributed by atoms with E-state index in [0.717, 1.165) is 11.1 Å². The highest BCUT2D eigenvalue weighted by molar-refractivity contribution is 5.48. The molecule has 0 radical (unpaired) electrons. The number of hydrogen-bond donors (Lipinski definition) is 1. The molecule has 13 heavy (non-hydrogen) atoms. The summed E-state index contributed by atoms with van der Waals surface area (Å²) in [5, 5.41) is 9.69. The summed E-state index contributed by atoms with van der Waals surface area (Å²) in [7, 11) is 0. The Hall–Kier alpha value is -0.980. The van der Waals surface area contributed by atoms with E-state index in [4.69, 9.17) is 0 Å². The molecule has 0 aliphatic heterocycles. The van der Waals surface area contributed by atoms with Gasteiger partial charge >= 0.3 is 0 Å².